The number of aromatic hydroxyl groups is 2. The summed E-state index contributed by atoms with van der Waals surface area (Å²) in [6.45, 7) is 8.14. The molecule has 0 saturated carbocycles. The second kappa shape index (κ2) is 38.0. The van der Waals surface area contributed by atoms with E-state index in [9.17, 15) is 67.7 Å². The second-order valence-corrected chi connectivity index (χ2v) is 28.5. The van der Waals surface area contributed by atoms with Crippen LogP contribution < -0.4 is 70.4 Å². The fourth-order valence-electron chi connectivity index (χ4n) is 12.7. The molecule has 0 radical (unpaired) electrons. The van der Waals surface area contributed by atoms with Gasteiger partial charge in [0.15, 0.2) is 0 Å². The number of aromatic amines is 2. The smallest absolute Gasteiger partial charge is 0.245 e. The highest BCUT2D eigenvalue weighted by Gasteiger charge is 2.42. The van der Waals surface area contributed by atoms with Gasteiger partial charge in [0.2, 0.25) is 82.7 Å². The van der Waals surface area contributed by atoms with E-state index in [0.717, 1.165) is 11.8 Å². The minimum atomic E-state index is -1.81. The van der Waals surface area contributed by atoms with Gasteiger partial charge in [-0.3, -0.25) is 67.1 Å². The van der Waals surface area contributed by atoms with Gasteiger partial charge in [0.05, 0.1) is 12.2 Å². The Morgan fingerprint density at radius 1 is 0.523 bits per heavy atom. The first-order valence-electron chi connectivity index (χ1n) is 35.4. The van der Waals surface area contributed by atoms with Crippen molar-refractivity contribution in [3.63, 3.8) is 0 Å². The minimum absolute atomic E-state index is 0.0420. The summed E-state index contributed by atoms with van der Waals surface area (Å²) in [6, 6.07) is 8.89. The van der Waals surface area contributed by atoms with E-state index < -0.39 is 174 Å². The van der Waals surface area contributed by atoms with Crippen molar-refractivity contribution in [2.75, 3.05) is 18.1 Å². The van der Waals surface area contributed by atoms with Crippen LogP contribution in [0.15, 0.2) is 109 Å². The van der Waals surface area contributed by atoms with E-state index in [-0.39, 0.29) is 87.5 Å². The maximum Gasteiger partial charge on any atom is 0.245 e. The maximum atomic E-state index is 15.2. The molecule has 2 fully saturated rings. The van der Waals surface area contributed by atoms with Gasteiger partial charge in [0.25, 0.3) is 0 Å². The van der Waals surface area contributed by atoms with Crippen molar-refractivity contribution >= 4 is 116 Å². The number of nitrogens with zero attached hydrogens (tertiary/aromatic N) is 1. The molecule has 32 nitrogen and oxygen atoms in total. The predicted octanol–water partition coefficient (Wildman–Crippen LogP) is -0.345. The highest BCUT2D eigenvalue weighted by atomic mass is 32.2. The van der Waals surface area contributed by atoms with Gasteiger partial charge in [-0.15, -0.1) is 11.8 Å². The summed E-state index contributed by atoms with van der Waals surface area (Å²) in [5.41, 5.74) is 20.4. The first-order valence-corrected chi connectivity index (χ1v) is 36.5. The highest BCUT2D eigenvalue weighted by Crippen LogP contribution is 2.25. The van der Waals surface area contributed by atoms with Gasteiger partial charge in [-0.05, 0) is 103 Å². The van der Waals surface area contributed by atoms with Gasteiger partial charge in [0.1, 0.15) is 78.0 Å². The van der Waals surface area contributed by atoms with E-state index in [1.807, 2.05) is 0 Å². The van der Waals surface area contributed by atoms with Crippen molar-refractivity contribution in [1.29, 1.82) is 0 Å². The molecule has 107 heavy (non-hydrogen) atoms. The number of amides is 14. The second-order valence-electron chi connectivity index (χ2n) is 27.4. The topological polar surface area (TPSA) is 513 Å². The Morgan fingerprint density at radius 2 is 0.991 bits per heavy atom. The largest absolute Gasteiger partial charge is 0.508 e. The molecule has 2 saturated heterocycles. The summed E-state index contributed by atoms with van der Waals surface area (Å²) in [5.74, 6) is -15.1. The van der Waals surface area contributed by atoms with Gasteiger partial charge >= 0.3 is 0 Å². The number of hydrogen-bond acceptors (Lipinski definition) is 17. The van der Waals surface area contributed by atoms with Gasteiger partial charge < -0.3 is 95.4 Å². The predicted molar refractivity (Wildman–Crippen MR) is 395 cm³/mol. The van der Waals surface area contributed by atoms with Crippen LogP contribution in [0.25, 0.3) is 21.8 Å². The minimum Gasteiger partial charge on any atom is -0.508 e. The first-order chi connectivity index (χ1) is 50.9. The van der Waals surface area contributed by atoms with Crippen molar-refractivity contribution in [3.05, 3.63) is 132 Å². The third kappa shape index (κ3) is 23.0. The molecular weight excluding hydrogens is 1400 g/mol. The van der Waals surface area contributed by atoms with E-state index in [4.69, 9.17) is 17.2 Å². The summed E-state index contributed by atoms with van der Waals surface area (Å²) in [5, 5.41) is 48.3. The number of aromatic nitrogens is 2. The fraction of sp³-hybridized carbons (Fsp3) is 0.432. The number of primary amides is 3. The van der Waals surface area contributed by atoms with E-state index in [1.165, 1.54) is 60.4 Å². The summed E-state index contributed by atoms with van der Waals surface area (Å²) < 4.78 is 0. The van der Waals surface area contributed by atoms with Crippen LogP contribution in [0.2, 0.25) is 0 Å². The molecule has 20 N–H and O–H groups in total. The molecule has 4 aromatic carbocycles. The number of benzene rings is 4. The molecule has 2 aliphatic rings. The zero-order chi connectivity index (χ0) is 77.8. The Balaban J connectivity index is 1.17. The zero-order valence-electron chi connectivity index (χ0n) is 60.0. The molecule has 33 heteroatoms. The van der Waals surface area contributed by atoms with Crippen LogP contribution in [-0.2, 0) is 92.8 Å². The van der Waals surface area contributed by atoms with Crippen molar-refractivity contribution in [2.24, 2.45) is 29.0 Å². The number of carbonyl (C=O) groups excluding carboxylic acids is 14. The van der Waals surface area contributed by atoms with Crippen LogP contribution in [0.1, 0.15) is 102 Å². The number of phenolic OH excluding ortho intramolecular Hbond substituents is 2. The van der Waals surface area contributed by atoms with Crippen LogP contribution in [0.3, 0.4) is 0 Å². The van der Waals surface area contributed by atoms with Crippen LogP contribution in [0, 0.1) is 11.8 Å². The lowest BCUT2D eigenvalue weighted by Gasteiger charge is -2.31. The highest BCUT2D eigenvalue weighted by molar-refractivity contribution is 8.00. The molecule has 0 bridgehead atoms. The molecule has 0 aliphatic carbocycles. The molecule has 4 heterocycles. The lowest BCUT2D eigenvalue weighted by atomic mass is 9.96. The van der Waals surface area contributed by atoms with Gasteiger partial charge in [-0.1, -0.05) is 94.8 Å². The number of nitrogens with two attached hydrogens (primary N) is 3. The molecule has 572 valence electrons. The van der Waals surface area contributed by atoms with E-state index in [1.54, 1.807) is 88.6 Å². The van der Waals surface area contributed by atoms with Crippen molar-refractivity contribution in [1.82, 2.24) is 68.0 Å². The van der Waals surface area contributed by atoms with Gasteiger partial charge in [-0.25, -0.2) is 0 Å². The molecule has 8 rings (SSSR count). The Hall–Kier alpha value is -11.5. The Labute approximate surface area is 620 Å². The Morgan fingerprint density at radius 3 is 1.51 bits per heavy atom. The SMILES string of the molecule is CC[C@H](C)[C@@H]1NC(=O)[C@H](CC(C)C)NC(=O)[C@H](Cc2c[nH]c3ccccc23)NC(=O)[C@H](Cc2ccc(O)cc2)NC(=O)[C@@H]2CCCN2C(=O)[C@H](CCC(N)=O)NC(=O)[C@H](C)NC(=O)[C@H](Cc2ccc(O)cc2)NC(=O)CSC[C@@H](C(N)=O)NC(=O)[C@H](Cc2c[nH]c3ccccc23)NC(=O)[C@H](CC(N)=O)NC1=O. The normalized spacial score (nSPS) is 23.9. The Bertz CT molecular complexity index is 4240. The molecule has 14 amide bonds. The monoisotopic (exact) mass is 1490 g/mol. The molecule has 2 aliphatic heterocycles. The summed E-state index contributed by atoms with van der Waals surface area (Å²) in [6.07, 6.45) is 1.15. The first kappa shape index (κ1) is 81.2. The molecule has 0 spiro atoms. The maximum absolute atomic E-state index is 15.2. The lowest BCUT2D eigenvalue weighted by molar-refractivity contribution is -0.143. The molecule has 0 unspecified atom stereocenters. The van der Waals surface area contributed by atoms with Crippen LogP contribution >= 0.6 is 11.8 Å². The fourth-order valence-corrected chi connectivity index (χ4v) is 13.6. The summed E-state index contributed by atoms with van der Waals surface area (Å²) in [4.78, 5) is 208. The summed E-state index contributed by atoms with van der Waals surface area (Å²) >= 11 is 0.808. The number of carbonyl (C=O) groups is 14. The van der Waals surface area contributed by atoms with Crippen molar-refractivity contribution in [3.8, 4) is 11.5 Å². The lowest BCUT2D eigenvalue weighted by Crippen LogP contribution is -2.62. The number of H-pyrrole nitrogens is 2. The third-order valence-electron chi connectivity index (χ3n) is 18.7. The number of nitrogens with one attached hydrogen (secondary N) is 12. The Kier molecular flexibility index (Phi) is 28.8. The standard InChI is InChI=1S/C74H94N16O16S/c1-6-39(4)63-73(105)87-57(33-61(76)94)70(102)85-56(32-44-35-79-50-15-10-8-13-48(44)50)69(101)88-58(64(77)96)36-107-37-62(95)81-53(29-41-17-21-45(91)22-18-41)66(98)80-40(5)65(97)82-51(25-26-60(75)93)74(106)90-27-11-16-59(90)72(104)86-54(30-42-19-23-46(92)24-20-42)67(99)84-55(31-43-34-78-49-14-9-7-12-47(43)49)68(100)83-52(28-38(2)3)71(103)89-63/h7-10,12-15,17-24,34-35,38-40,51-59,63,78-79,91-92H,6,11,16,25-33,36-37H2,1-5H3,(H2,75,93)(H2,76,94)(H2,77,96)(H,80,98)(H,81,95)(H,82,97)(H,83,100)(H,84,99)(H,85,102)(H,86,104)(H,87,105)(H,88,101)(H,89,103)/t39-,40-,51-,52-,53-,54-,55-,56-,57-,58-,59-,63-/m0/s1. The van der Waals surface area contributed by atoms with Crippen LogP contribution in [-0.4, -0.2) is 192 Å². The van der Waals surface area contributed by atoms with Crippen molar-refractivity contribution < 1.29 is 77.3 Å². The molecular formula is C74H94N16O16S. The number of thioether (sulfide) groups is 1. The average Bonchev–Trinajstić information content (AvgIpc) is 1.81. The van der Waals surface area contributed by atoms with Gasteiger partial charge in [0, 0.05) is 78.6 Å². The summed E-state index contributed by atoms with van der Waals surface area (Å²) in [7, 11) is 0. The number of rotatable bonds is 18. The number of phenols is 2. The van der Waals surface area contributed by atoms with E-state index in [0.29, 0.717) is 44.1 Å². The number of fused-ring (bicyclic) bond motifs is 3. The van der Waals surface area contributed by atoms with Crippen LogP contribution in [0.5, 0.6) is 11.5 Å². The molecule has 12 atom stereocenters. The average molecular weight is 1500 g/mol. The van der Waals surface area contributed by atoms with Gasteiger partial charge in [-0.2, -0.15) is 0 Å². The van der Waals surface area contributed by atoms with Crippen LogP contribution in [0.4, 0.5) is 0 Å². The molecule has 2 aromatic heterocycles. The molecule has 6 aromatic rings. The van der Waals surface area contributed by atoms with E-state index >= 15 is 9.59 Å². The van der Waals surface area contributed by atoms with Crippen molar-refractivity contribution in [2.45, 2.75) is 172 Å². The quantitative estimate of drug-likeness (QED) is 0.0523. The zero-order valence-corrected chi connectivity index (χ0v) is 60.8. The van der Waals surface area contributed by atoms with E-state index in [2.05, 4.69) is 63.1 Å². The number of hydrogen-bond donors (Lipinski definition) is 17. The third-order valence-corrected chi connectivity index (χ3v) is 19.8. The number of para-hydroxylation sites is 2.